The monoisotopic (exact) mass is 366 g/mol. The quantitative estimate of drug-likeness (QED) is 0.302. The molecule has 0 aromatic heterocycles. The van der Waals surface area contributed by atoms with Crippen molar-refractivity contribution in [2.24, 2.45) is 46.8 Å². The van der Waals surface area contributed by atoms with Crippen molar-refractivity contribution in [3.8, 4) is 0 Å². The predicted molar refractivity (Wildman–Crippen MR) is 113 cm³/mol. The van der Waals surface area contributed by atoms with E-state index in [1.165, 1.54) is 44.9 Å². The van der Waals surface area contributed by atoms with Gasteiger partial charge >= 0.3 is 0 Å². The normalized spacial score (nSPS) is 34.0. The minimum Gasteiger partial charge on any atom is -0.126 e. The summed E-state index contributed by atoms with van der Waals surface area (Å²) in [5, 5.41) is 0. The highest BCUT2D eigenvalue weighted by molar-refractivity contribution is 6.18. The van der Waals surface area contributed by atoms with Gasteiger partial charge in [0.25, 0.3) is 0 Å². The molecule has 1 heteroatoms. The van der Waals surface area contributed by atoms with E-state index >= 15 is 0 Å². The van der Waals surface area contributed by atoms with E-state index in [0.29, 0.717) is 11.3 Å². The Morgan fingerprint density at radius 3 is 2.36 bits per heavy atom. The van der Waals surface area contributed by atoms with Crippen molar-refractivity contribution in [3.05, 3.63) is 12.2 Å². The highest BCUT2D eigenvalue weighted by atomic mass is 35.5. The molecule has 2 fully saturated rings. The van der Waals surface area contributed by atoms with Crippen LogP contribution in [0.25, 0.3) is 0 Å². The number of hydrogen-bond acceptors (Lipinski definition) is 0. The Kier molecular flexibility index (Phi) is 7.93. The van der Waals surface area contributed by atoms with Crippen LogP contribution in [0, 0.1) is 46.8 Å². The number of allylic oxidation sites excluding steroid dienone is 2. The van der Waals surface area contributed by atoms with Gasteiger partial charge in [-0.3, -0.25) is 0 Å². The number of hydrogen-bond donors (Lipinski definition) is 0. The first kappa shape index (κ1) is 21.3. The van der Waals surface area contributed by atoms with Crippen LogP contribution in [0.2, 0.25) is 0 Å². The molecule has 0 bridgehead atoms. The van der Waals surface area contributed by atoms with Crippen LogP contribution in [0.1, 0.15) is 86.5 Å². The van der Waals surface area contributed by atoms with Crippen molar-refractivity contribution < 1.29 is 0 Å². The molecule has 0 aromatic carbocycles. The summed E-state index contributed by atoms with van der Waals surface area (Å²) >= 11 is 6.36. The average Bonchev–Trinajstić information content (AvgIpc) is 2.53. The lowest BCUT2D eigenvalue weighted by Gasteiger charge is -2.52. The number of rotatable bonds is 8. The largest absolute Gasteiger partial charge is 0.126 e. The summed E-state index contributed by atoms with van der Waals surface area (Å²) in [6.45, 7) is 14.9. The number of halogens is 1. The van der Waals surface area contributed by atoms with Crippen molar-refractivity contribution in [1.29, 1.82) is 0 Å². The van der Waals surface area contributed by atoms with Crippen LogP contribution < -0.4 is 0 Å². The Morgan fingerprint density at radius 2 is 1.84 bits per heavy atom. The molecule has 146 valence electrons. The topological polar surface area (TPSA) is 0 Å². The SMILES string of the molecule is C/C=C\CCC(C1CCC1)C(C)C(C)(C)C1C[C@H](C)CC(CCl)C1C. The van der Waals surface area contributed by atoms with E-state index in [1.54, 1.807) is 0 Å². The van der Waals surface area contributed by atoms with Crippen LogP contribution in [0.4, 0.5) is 0 Å². The maximum absolute atomic E-state index is 6.36. The molecule has 0 aromatic rings. The fourth-order valence-electron chi connectivity index (χ4n) is 6.10. The Labute approximate surface area is 163 Å². The first-order chi connectivity index (χ1) is 11.8. The third-order valence-corrected chi connectivity index (χ3v) is 8.76. The molecule has 0 N–H and O–H groups in total. The van der Waals surface area contributed by atoms with Crippen molar-refractivity contribution >= 4 is 11.6 Å². The zero-order valence-corrected chi connectivity index (χ0v) is 18.5. The molecule has 0 spiro atoms. The van der Waals surface area contributed by atoms with Crippen LogP contribution in [-0.4, -0.2) is 5.88 Å². The summed E-state index contributed by atoms with van der Waals surface area (Å²) in [6.07, 6.45) is 14.4. The summed E-state index contributed by atoms with van der Waals surface area (Å²) < 4.78 is 0. The fraction of sp³-hybridized carbons (Fsp3) is 0.917. The Bertz CT molecular complexity index is 420. The van der Waals surface area contributed by atoms with Gasteiger partial charge in [0.05, 0.1) is 0 Å². The second-order valence-corrected chi connectivity index (χ2v) is 10.4. The van der Waals surface area contributed by atoms with E-state index in [1.807, 2.05) is 0 Å². The van der Waals surface area contributed by atoms with Crippen LogP contribution in [-0.2, 0) is 0 Å². The van der Waals surface area contributed by atoms with Gasteiger partial charge in [0.15, 0.2) is 0 Å². The first-order valence-electron chi connectivity index (χ1n) is 11.0. The lowest BCUT2D eigenvalue weighted by molar-refractivity contribution is -0.0316. The van der Waals surface area contributed by atoms with Crippen molar-refractivity contribution in [2.75, 3.05) is 5.88 Å². The predicted octanol–water partition coefficient (Wildman–Crippen LogP) is 7.96. The van der Waals surface area contributed by atoms with Gasteiger partial charge in [-0.25, -0.2) is 0 Å². The molecule has 0 amide bonds. The molecule has 2 rings (SSSR count). The van der Waals surface area contributed by atoms with E-state index in [2.05, 4.69) is 53.7 Å². The molecule has 5 unspecified atom stereocenters. The lowest BCUT2D eigenvalue weighted by Crippen LogP contribution is -2.46. The van der Waals surface area contributed by atoms with Crippen molar-refractivity contribution in [1.82, 2.24) is 0 Å². The van der Waals surface area contributed by atoms with E-state index in [-0.39, 0.29) is 0 Å². The maximum Gasteiger partial charge on any atom is 0.0254 e. The van der Waals surface area contributed by atoms with Gasteiger partial charge in [0, 0.05) is 5.88 Å². The van der Waals surface area contributed by atoms with Gasteiger partial charge in [-0.05, 0) is 79.4 Å². The standard InChI is InChI=1S/C24H43Cl/c1-7-8-9-13-22(20-11-10-12-20)19(4)24(5,6)23-15-17(2)14-21(16-25)18(23)3/h7-8,17-23H,9-16H2,1-6H3/b8-7-/t17-,18?,19?,21?,22?,23?/m1/s1. The van der Waals surface area contributed by atoms with Gasteiger partial charge in [-0.1, -0.05) is 66.0 Å². The molecule has 25 heavy (non-hydrogen) atoms. The van der Waals surface area contributed by atoms with Gasteiger partial charge < -0.3 is 0 Å². The van der Waals surface area contributed by atoms with E-state index in [0.717, 1.165) is 41.4 Å². The second kappa shape index (κ2) is 9.29. The summed E-state index contributed by atoms with van der Waals surface area (Å²) in [7, 11) is 0. The van der Waals surface area contributed by atoms with Gasteiger partial charge in [0.1, 0.15) is 0 Å². The lowest BCUT2D eigenvalue weighted by atomic mass is 9.53. The van der Waals surface area contributed by atoms with Crippen molar-refractivity contribution in [2.45, 2.75) is 86.5 Å². The fourth-order valence-corrected chi connectivity index (χ4v) is 6.50. The summed E-state index contributed by atoms with van der Waals surface area (Å²) in [4.78, 5) is 0. The molecule has 6 atom stereocenters. The molecule has 2 aliphatic rings. The van der Waals surface area contributed by atoms with Crippen LogP contribution in [0.5, 0.6) is 0 Å². The second-order valence-electron chi connectivity index (χ2n) is 10.1. The van der Waals surface area contributed by atoms with Gasteiger partial charge in [-0.2, -0.15) is 0 Å². The smallest absolute Gasteiger partial charge is 0.0254 e. The maximum atomic E-state index is 6.36. The minimum atomic E-state index is 0.411. The molecule has 0 saturated heterocycles. The third-order valence-electron chi connectivity index (χ3n) is 8.37. The molecule has 0 heterocycles. The third kappa shape index (κ3) is 4.85. The number of alkyl halides is 1. The van der Waals surface area contributed by atoms with Gasteiger partial charge in [0.2, 0.25) is 0 Å². The average molecular weight is 367 g/mol. The van der Waals surface area contributed by atoms with E-state index in [9.17, 15) is 0 Å². The highest BCUT2D eigenvalue weighted by Crippen LogP contribution is 2.54. The van der Waals surface area contributed by atoms with Crippen molar-refractivity contribution in [3.63, 3.8) is 0 Å². The van der Waals surface area contributed by atoms with Crippen LogP contribution >= 0.6 is 11.6 Å². The Balaban J connectivity index is 2.15. The summed E-state index contributed by atoms with van der Waals surface area (Å²) in [6, 6.07) is 0. The summed E-state index contributed by atoms with van der Waals surface area (Å²) in [5.41, 5.74) is 0.411. The van der Waals surface area contributed by atoms with Crippen LogP contribution in [0.15, 0.2) is 12.2 Å². The molecular weight excluding hydrogens is 324 g/mol. The molecule has 0 radical (unpaired) electrons. The molecule has 0 aliphatic heterocycles. The van der Waals surface area contributed by atoms with E-state index < -0.39 is 0 Å². The van der Waals surface area contributed by atoms with Gasteiger partial charge in [-0.15, -0.1) is 11.6 Å². The van der Waals surface area contributed by atoms with E-state index in [4.69, 9.17) is 11.6 Å². The van der Waals surface area contributed by atoms with Crippen LogP contribution in [0.3, 0.4) is 0 Å². The zero-order chi connectivity index (χ0) is 18.6. The molecule has 2 aliphatic carbocycles. The minimum absolute atomic E-state index is 0.411. The highest BCUT2D eigenvalue weighted by Gasteiger charge is 2.47. The Hall–Kier alpha value is 0.0300. The molecule has 2 saturated carbocycles. The molecular formula is C24H43Cl. The molecule has 0 nitrogen and oxygen atoms in total. The Morgan fingerprint density at radius 1 is 1.16 bits per heavy atom. The first-order valence-corrected chi connectivity index (χ1v) is 11.5. The zero-order valence-electron chi connectivity index (χ0n) is 17.7. The summed E-state index contributed by atoms with van der Waals surface area (Å²) in [5.74, 6) is 6.67.